The van der Waals surface area contributed by atoms with E-state index in [0.717, 1.165) is 38.7 Å². The molecule has 0 aliphatic carbocycles. The van der Waals surface area contributed by atoms with Crippen molar-refractivity contribution in [2.75, 3.05) is 0 Å². The summed E-state index contributed by atoms with van der Waals surface area (Å²) >= 11 is 0. The minimum Gasteiger partial charge on any atom is -0.869 e. The Morgan fingerprint density at radius 3 is 2.00 bits per heavy atom. The standard InChI is InChI=1S/C32H34N2O/c1-19(2)26-9-8-10-27(20(3)4)31(26)33-17-25-13-11-24-12-14-28(32(35)30(24)34(25)18-33)29-22(6)15-21(5)16-23(29)7/h8-20H,1-7H3. The predicted molar refractivity (Wildman–Crippen MR) is 144 cm³/mol. The molecule has 0 unspecified atom stereocenters. The van der Waals surface area contributed by atoms with Gasteiger partial charge < -0.3 is 5.11 Å². The van der Waals surface area contributed by atoms with Crippen molar-refractivity contribution >= 4 is 16.4 Å². The normalized spacial score (nSPS) is 11.9. The number of hydrogen-bond donors (Lipinski definition) is 0. The average molecular weight is 463 g/mol. The van der Waals surface area contributed by atoms with Crippen LogP contribution in [0.15, 0.2) is 67.1 Å². The van der Waals surface area contributed by atoms with Gasteiger partial charge >= 0.3 is 0 Å². The van der Waals surface area contributed by atoms with E-state index in [2.05, 4.69) is 118 Å². The molecule has 178 valence electrons. The van der Waals surface area contributed by atoms with Crippen molar-refractivity contribution < 1.29 is 9.67 Å². The van der Waals surface area contributed by atoms with Crippen LogP contribution in [0.3, 0.4) is 0 Å². The molecular formula is C32H34N2O. The van der Waals surface area contributed by atoms with Crippen molar-refractivity contribution in [3.05, 3.63) is 94.9 Å². The van der Waals surface area contributed by atoms with Crippen molar-refractivity contribution in [2.24, 2.45) is 0 Å². The second kappa shape index (κ2) is 8.57. The Morgan fingerprint density at radius 1 is 0.800 bits per heavy atom. The zero-order valence-electron chi connectivity index (χ0n) is 21.8. The van der Waals surface area contributed by atoms with Gasteiger partial charge in [0.1, 0.15) is 17.4 Å². The summed E-state index contributed by atoms with van der Waals surface area (Å²) < 4.78 is 4.29. The van der Waals surface area contributed by atoms with Crippen LogP contribution in [0, 0.1) is 20.8 Å². The lowest BCUT2D eigenvalue weighted by atomic mass is 9.92. The molecule has 0 aliphatic rings. The average Bonchev–Trinajstić information content (AvgIpc) is 3.23. The summed E-state index contributed by atoms with van der Waals surface area (Å²) in [5.41, 5.74) is 10.9. The Balaban J connectivity index is 1.81. The Hall–Kier alpha value is -3.59. The monoisotopic (exact) mass is 462 g/mol. The van der Waals surface area contributed by atoms with E-state index < -0.39 is 0 Å². The molecule has 5 rings (SSSR count). The highest BCUT2D eigenvalue weighted by molar-refractivity contribution is 5.94. The number of aryl methyl sites for hydroxylation is 3. The highest BCUT2D eigenvalue weighted by atomic mass is 16.3. The lowest BCUT2D eigenvalue weighted by Gasteiger charge is -2.19. The summed E-state index contributed by atoms with van der Waals surface area (Å²) in [6.07, 6.45) is 4.24. The van der Waals surface area contributed by atoms with Crippen LogP contribution in [0.4, 0.5) is 0 Å². The molecular weight excluding hydrogens is 428 g/mol. The summed E-state index contributed by atoms with van der Waals surface area (Å²) in [7, 11) is 0. The number of rotatable bonds is 4. The molecule has 0 N–H and O–H groups in total. The van der Waals surface area contributed by atoms with Gasteiger partial charge in [0, 0.05) is 16.5 Å². The lowest BCUT2D eigenvalue weighted by Crippen LogP contribution is -2.31. The van der Waals surface area contributed by atoms with Crippen LogP contribution in [0.2, 0.25) is 0 Å². The van der Waals surface area contributed by atoms with E-state index >= 15 is 0 Å². The topological polar surface area (TPSA) is 31.3 Å². The molecule has 3 heteroatoms. The maximum absolute atomic E-state index is 14.0. The lowest BCUT2D eigenvalue weighted by molar-refractivity contribution is -0.595. The fourth-order valence-corrected chi connectivity index (χ4v) is 5.62. The first-order valence-corrected chi connectivity index (χ1v) is 12.5. The SMILES string of the molecule is Cc1cc(C)c(-c2ccc3ccc4c[n+](-c5c(C(C)C)cccc5C(C)C)cn4c3c2[O-])c(C)c1. The van der Waals surface area contributed by atoms with E-state index in [9.17, 15) is 5.11 Å². The van der Waals surface area contributed by atoms with Crippen molar-refractivity contribution in [1.82, 2.24) is 4.40 Å². The van der Waals surface area contributed by atoms with Crippen molar-refractivity contribution in [2.45, 2.75) is 60.3 Å². The van der Waals surface area contributed by atoms with Crippen LogP contribution in [0.5, 0.6) is 5.75 Å². The quantitative estimate of drug-likeness (QED) is 0.258. The molecule has 0 aliphatic heterocycles. The zero-order chi connectivity index (χ0) is 25.0. The van der Waals surface area contributed by atoms with Crippen LogP contribution < -0.4 is 9.67 Å². The molecule has 0 fully saturated rings. The van der Waals surface area contributed by atoms with Gasteiger partial charge in [-0.05, 0) is 67.0 Å². The van der Waals surface area contributed by atoms with Crippen molar-refractivity contribution in [3.8, 4) is 22.6 Å². The number of imidazole rings is 1. The number of fused-ring (bicyclic) bond motifs is 3. The summed E-state index contributed by atoms with van der Waals surface area (Å²) in [6.45, 7) is 15.3. The molecule has 0 amide bonds. The van der Waals surface area contributed by atoms with E-state index in [1.54, 1.807) is 0 Å². The van der Waals surface area contributed by atoms with Crippen LogP contribution in [0.25, 0.3) is 33.2 Å². The summed E-state index contributed by atoms with van der Waals surface area (Å²) in [5, 5.41) is 15.0. The van der Waals surface area contributed by atoms with Gasteiger partial charge in [0.05, 0.1) is 0 Å². The van der Waals surface area contributed by atoms with Gasteiger partial charge in [0.15, 0.2) is 5.52 Å². The smallest absolute Gasteiger partial charge is 0.254 e. The highest BCUT2D eigenvalue weighted by Gasteiger charge is 2.22. The molecule has 2 aromatic heterocycles. The number of hydrogen-bond acceptors (Lipinski definition) is 1. The molecule has 3 nitrogen and oxygen atoms in total. The first-order chi connectivity index (χ1) is 16.7. The number of nitrogens with zero attached hydrogens (tertiary/aromatic N) is 2. The number of pyridine rings is 1. The third-order valence-electron chi connectivity index (χ3n) is 7.17. The summed E-state index contributed by atoms with van der Waals surface area (Å²) in [5.74, 6) is 0.863. The van der Waals surface area contributed by atoms with E-state index in [1.165, 1.54) is 22.4 Å². The van der Waals surface area contributed by atoms with Gasteiger partial charge in [-0.3, -0.25) is 0 Å². The molecule has 0 saturated heterocycles. The Kier molecular flexibility index (Phi) is 5.67. The Bertz CT molecular complexity index is 1540. The van der Waals surface area contributed by atoms with Crippen LogP contribution >= 0.6 is 0 Å². The second-order valence-corrected chi connectivity index (χ2v) is 10.5. The minimum absolute atomic E-state index is 0.0760. The van der Waals surface area contributed by atoms with E-state index in [1.807, 2.05) is 6.07 Å². The Labute approximate surface area is 208 Å². The molecule has 0 saturated carbocycles. The van der Waals surface area contributed by atoms with Gasteiger partial charge in [-0.2, -0.15) is 4.40 Å². The van der Waals surface area contributed by atoms with Gasteiger partial charge in [0.25, 0.3) is 6.33 Å². The first kappa shape index (κ1) is 23.2. The highest BCUT2D eigenvalue weighted by Crippen LogP contribution is 2.38. The van der Waals surface area contributed by atoms with Crippen LogP contribution in [-0.2, 0) is 0 Å². The molecule has 0 atom stereocenters. The van der Waals surface area contributed by atoms with Crippen LogP contribution in [-0.4, -0.2) is 4.40 Å². The number of para-hydroxylation sites is 1. The molecule has 0 bridgehead atoms. The molecule has 35 heavy (non-hydrogen) atoms. The molecule has 0 radical (unpaired) electrons. The fraction of sp³-hybridized carbons (Fsp3) is 0.281. The molecule has 5 aromatic rings. The first-order valence-electron chi connectivity index (χ1n) is 12.5. The van der Waals surface area contributed by atoms with Crippen LogP contribution in [0.1, 0.15) is 67.3 Å². The molecule has 2 heterocycles. The van der Waals surface area contributed by atoms with Gasteiger partial charge in [0.2, 0.25) is 0 Å². The zero-order valence-corrected chi connectivity index (χ0v) is 21.8. The summed E-state index contributed by atoms with van der Waals surface area (Å²) in [6, 6.07) is 19.2. The van der Waals surface area contributed by atoms with Gasteiger partial charge in [-0.1, -0.05) is 81.5 Å². The van der Waals surface area contributed by atoms with Gasteiger partial charge in [-0.15, -0.1) is 0 Å². The second-order valence-electron chi connectivity index (χ2n) is 10.5. The predicted octanol–water partition coefficient (Wildman–Crippen LogP) is 7.28. The maximum Gasteiger partial charge on any atom is 0.254 e. The van der Waals surface area contributed by atoms with Crippen molar-refractivity contribution in [3.63, 3.8) is 0 Å². The maximum atomic E-state index is 14.0. The molecule has 0 spiro atoms. The largest absolute Gasteiger partial charge is 0.869 e. The van der Waals surface area contributed by atoms with E-state index in [0.29, 0.717) is 11.8 Å². The number of benzene rings is 3. The van der Waals surface area contributed by atoms with Gasteiger partial charge in [-0.25, -0.2) is 4.57 Å². The van der Waals surface area contributed by atoms with Crippen molar-refractivity contribution in [1.29, 1.82) is 0 Å². The Morgan fingerprint density at radius 2 is 1.40 bits per heavy atom. The third kappa shape index (κ3) is 3.80. The minimum atomic E-state index is 0.0760. The van der Waals surface area contributed by atoms with E-state index in [-0.39, 0.29) is 5.75 Å². The fourth-order valence-electron chi connectivity index (χ4n) is 5.62. The third-order valence-corrected chi connectivity index (χ3v) is 7.17. The van der Waals surface area contributed by atoms with E-state index in [4.69, 9.17) is 0 Å². The summed E-state index contributed by atoms with van der Waals surface area (Å²) in [4.78, 5) is 0. The molecule has 3 aromatic carbocycles. The number of aromatic nitrogens is 2.